The Balaban J connectivity index is 1.63. The van der Waals surface area contributed by atoms with Gasteiger partial charge in [0.05, 0.1) is 19.0 Å². The van der Waals surface area contributed by atoms with E-state index in [0.29, 0.717) is 35.5 Å². The van der Waals surface area contributed by atoms with Crippen LogP contribution in [0.2, 0.25) is 0 Å². The summed E-state index contributed by atoms with van der Waals surface area (Å²) in [6, 6.07) is 13.8. The molecule has 4 aromatic rings. The summed E-state index contributed by atoms with van der Waals surface area (Å²) in [6.45, 7) is 3.25. The van der Waals surface area contributed by atoms with Gasteiger partial charge in [-0.15, -0.1) is 0 Å². The van der Waals surface area contributed by atoms with Gasteiger partial charge in [0, 0.05) is 31.3 Å². The maximum Gasteiger partial charge on any atom is 0.230 e. The standard InChI is InChI=1S/C28H33N7O2/c1-19-12-13-21(16-23(19)37-5)26-25-27(29)30-18-31-28(25)35(32-26)17-20-9-8-10-22(15-20)34(4)24(36)11-6-7-14-33(2)3/h6-10,12-13,15-16,18H,11,14,17H2,1-5H3,(H2,29,30,31). The molecule has 0 saturated heterocycles. The number of ether oxygens (including phenoxy) is 1. The number of amides is 1. The SMILES string of the molecule is COc1cc(-c2nn(Cc3cccc(N(C)C(=O)CC=CCN(C)C)c3)c3ncnc(N)c23)ccc1C. The number of aromatic nitrogens is 4. The molecular formula is C28H33N7O2. The van der Waals surface area contributed by atoms with E-state index >= 15 is 0 Å². The molecule has 2 aromatic heterocycles. The summed E-state index contributed by atoms with van der Waals surface area (Å²) in [5.74, 6) is 1.16. The summed E-state index contributed by atoms with van der Waals surface area (Å²) >= 11 is 0. The fourth-order valence-corrected chi connectivity index (χ4v) is 4.10. The lowest BCUT2D eigenvalue weighted by Gasteiger charge is -2.17. The number of benzene rings is 2. The number of rotatable bonds is 9. The largest absolute Gasteiger partial charge is 0.496 e. The number of carbonyl (C=O) groups excluding carboxylic acids is 1. The van der Waals surface area contributed by atoms with Crippen molar-refractivity contribution in [1.29, 1.82) is 0 Å². The van der Waals surface area contributed by atoms with Gasteiger partial charge in [-0.3, -0.25) is 4.79 Å². The Kier molecular flexibility index (Phi) is 7.83. The van der Waals surface area contributed by atoms with Crippen molar-refractivity contribution in [3.63, 3.8) is 0 Å². The summed E-state index contributed by atoms with van der Waals surface area (Å²) in [6.07, 6.45) is 5.70. The molecule has 0 atom stereocenters. The molecule has 1 amide bonds. The van der Waals surface area contributed by atoms with Gasteiger partial charge < -0.3 is 20.3 Å². The van der Waals surface area contributed by atoms with Crippen molar-refractivity contribution in [2.75, 3.05) is 45.4 Å². The Morgan fingerprint density at radius 3 is 2.68 bits per heavy atom. The average molecular weight is 500 g/mol. The fraction of sp³-hybridized carbons (Fsp3) is 0.286. The number of nitrogen functional groups attached to an aromatic ring is 1. The number of nitrogens with zero attached hydrogens (tertiary/aromatic N) is 6. The van der Waals surface area contributed by atoms with Crippen LogP contribution in [0.25, 0.3) is 22.3 Å². The Hall–Kier alpha value is -4.24. The molecule has 0 saturated carbocycles. The van der Waals surface area contributed by atoms with E-state index < -0.39 is 0 Å². The van der Waals surface area contributed by atoms with Crippen LogP contribution < -0.4 is 15.4 Å². The Labute approximate surface area is 217 Å². The molecule has 9 nitrogen and oxygen atoms in total. The minimum Gasteiger partial charge on any atom is -0.496 e. The van der Waals surface area contributed by atoms with Crippen LogP contribution in [-0.2, 0) is 11.3 Å². The number of fused-ring (bicyclic) bond motifs is 1. The topological polar surface area (TPSA) is 102 Å². The first kappa shape index (κ1) is 25.8. The van der Waals surface area contributed by atoms with Gasteiger partial charge >= 0.3 is 0 Å². The first-order valence-corrected chi connectivity index (χ1v) is 12.1. The highest BCUT2D eigenvalue weighted by Crippen LogP contribution is 2.33. The number of nitrogens with two attached hydrogens (primary N) is 1. The summed E-state index contributed by atoms with van der Waals surface area (Å²) in [7, 11) is 7.43. The van der Waals surface area contributed by atoms with E-state index in [2.05, 4.69) is 9.97 Å². The third kappa shape index (κ3) is 5.78. The maximum absolute atomic E-state index is 12.7. The maximum atomic E-state index is 12.7. The van der Waals surface area contributed by atoms with Gasteiger partial charge in [0.1, 0.15) is 23.6 Å². The van der Waals surface area contributed by atoms with Crippen LogP contribution in [0.1, 0.15) is 17.5 Å². The predicted octanol–water partition coefficient (Wildman–Crippen LogP) is 3.91. The van der Waals surface area contributed by atoms with Crippen LogP contribution in [0, 0.1) is 6.92 Å². The molecule has 37 heavy (non-hydrogen) atoms. The van der Waals surface area contributed by atoms with Gasteiger partial charge in [-0.25, -0.2) is 14.6 Å². The lowest BCUT2D eigenvalue weighted by Crippen LogP contribution is -2.25. The van der Waals surface area contributed by atoms with E-state index in [0.717, 1.165) is 34.7 Å². The zero-order valence-electron chi connectivity index (χ0n) is 22.0. The highest BCUT2D eigenvalue weighted by molar-refractivity contribution is 5.98. The Morgan fingerprint density at radius 2 is 1.92 bits per heavy atom. The number of aryl methyl sites for hydroxylation is 1. The highest BCUT2D eigenvalue weighted by atomic mass is 16.5. The molecule has 4 rings (SSSR count). The third-order valence-electron chi connectivity index (χ3n) is 6.17. The fourth-order valence-electron chi connectivity index (χ4n) is 4.10. The van der Waals surface area contributed by atoms with E-state index in [1.54, 1.807) is 19.1 Å². The second-order valence-corrected chi connectivity index (χ2v) is 9.21. The predicted molar refractivity (Wildman–Crippen MR) is 148 cm³/mol. The molecule has 0 aliphatic carbocycles. The van der Waals surface area contributed by atoms with Gasteiger partial charge in [0.2, 0.25) is 5.91 Å². The quantitative estimate of drug-likeness (QED) is 0.348. The molecule has 0 fully saturated rings. The lowest BCUT2D eigenvalue weighted by molar-refractivity contribution is -0.117. The van der Waals surface area contributed by atoms with Crippen molar-refractivity contribution in [3.05, 3.63) is 72.1 Å². The van der Waals surface area contributed by atoms with Crippen LogP contribution >= 0.6 is 0 Å². The highest BCUT2D eigenvalue weighted by Gasteiger charge is 2.18. The molecule has 192 valence electrons. The van der Waals surface area contributed by atoms with Crippen molar-refractivity contribution >= 4 is 28.4 Å². The van der Waals surface area contributed by atoms with Crippen molar-refractivity contribution in [2.45, 2.75) is 19.9 Å². The van der Waals surface area contributed by atoms with Crippen LogP contribution in [0.3, 0.4) is 0 Å². The molecule has 2 heterocycles. The smallest absolute Gasteiger partial charge is 0.230 e. The molecule has 9 heteroatoms. The van der Waals surface area contributed by atoms with Gasteiger partial charge in [0.15, 0.2) is 5.65 Å². The van der Waals surface area contributed by atoms with E-state index in [4.69, 9.17) is 15.6 Å². The molecule has 2 N–H and O–H groups in total. The van der Waals surface area contributed by atoms with E-state index in [1.807, 2.05) is 85.2 Å². The zero-order valence-corrected chi connectivity index (χ0v) is 22.0. The van der Waals surface area contributed by atoms with Crippen molar-refractivity contribution in [3.8, 4) is 17.0 Å². The molecule has 0 bridgehead atoms. The summed E-state index contributed by atoms with van der Waals surface area (Å²) in [4.78, 5) is 25.1. The van der Waals surface area contributed by atoms with Crippen LogP contribution in [0.4, 0.5) is 11.5 Å². The zero-order chi connectivity index (χ0) is 26.5. The Morgan fingerprint density at radius 1 is 1.11 bits per heavy atom. The van der Waals surface area contributed by atoms with Gasteiger partial charge in [-0.1, -0.05) is 36.4 Å². The number of anilines is 2. The first-order valence-electron chi connectivity index (χ1n) is 12.1. The van der Waals surface area contributed by atoms with E-state index in [9.17, 15) is 4.79 Å². The Bertz CT molecular complexity index is 1440. The van der Waals surface area contributed by atoms with Crippen molar-refractivity contribution in [1.82, 2.24) is 24.6 Å². The molecular weight excluding hydrogens is 466 g/mol. The van der Waals surface area contributed by atoms with Crippen molar-refractivity contribution < 1.29 is 9.53 Å². The molecule has 0 radical (unpaired) electrons. The summed E-state index contributed by atoms with van der Waals surface area (Å²) < 4.78 is 7.33. The molecule has 0 aliphatic rings. The molecule has 2 aromatic carbocycles. The monoisotopic (exact) mass is 499 g/mol. The number of methoxy groups -OCH3 is 1. The lowest BCUT2D eigenvalue weighted by atomic mass is 10.1. The van der Waals surface area contributed by atoms with E-state index in [-0.39, 0.29) is 5.91 Å². The van der Waals surface area contributed by atoms with Crippen molar-refractivity contribution in [2.24, 2.45) is 0 Å². The second-order valence-electron chi connectivity index (χ2n) is 9.21. The number of hydrogen-bond donors (Lipinski definition) is 1. The second kappa shape index (κ2) is 11.2. The molecule has 0 unspecified atom stereocenters. The first-order chi connectivity index (χ1) is 17.8. The van der Waals surface area contributed by atoms with Crippen LogP contribution in [0.5, 0.6) is 5.75 Å². The van der Waals surface area contributed by atoms with Crippen LogP contribution in [-0.4, -0.2) is 65.4 Å². The third-order valence-corrected chi connectivity index (χ3v) is 6.17. The number of carbonyl (C=O) groups is 1. The summed E-state index contributed by atoms with van der Waals surface area (Å²) in [5, 5.41) is 5.58. The minimum atomic E-state index is 0.0211. The number of hydrogen-bond acceptors (Lipinski definition) is 7. The van der Waals surface area contributed by atoms with Gasteiger partial charge in [-0.2, -0.15) is 5.10 Å². The van der Waals surface area contributed by atoms with Crippen LogP contribution in [0.15, 0.2) is 60.9 Å². The molecule has 0 aliphatic heterocycles. The van der Waals surface area contributed by atoms with Gasteiger partial charge in [0.25, 0.3) is 0 Å². The molecule has 0 spiro atoms. The normalized spacial score (nSPS) is 11.5. The van der Waals surface area contributed by atoms with E-state index in [1.165, 1.54) is 6.33 Å². The minimum absolute atomic E-state index is 0.0211. The number of likely N-dealkylation sites (N-methyl/N-ethyl adjacent to an activating group) is 1. The summed E-state index contributed by atoms with van der Waals surface area (Å²) in [5.41, 5.74) is 11.3. The van der Waals surface area contributed by atoms with Gasteiger partial charge in [-0.05, 0) is 50.3 Å². The average Bonchev–Trinajstić information content (AvgIpc) is 3.25.